The third kappa shape index (κ3) is 3.60. The molecule has 0 aliphatic heterocycles. The summed E-state index contributed by atoms with van der Waals surface area (Å²) in [5.41, 5.74) is 13.2. The molecule has 0 unspecified atom stereocenters. The highest BCUT2D eigenvalue weighted by molar-refractivity contribution is 6.14. The average Bonchev–Trinajstić information content (AvgIpc) is 3.57. The second-order valence-electron chi connectivity index (χ2n) is 11.8. The molecule has 210 valence electrons. The maximum Gasteiger partial charge on any atom is 0.162 e. The summed E-state index contributed by atoms with van der Waals surface area (Å²) >= 11 is 0. The number of hydrogen-bond donors (Lipinski definition) is 0. The normalized spacial score (nSPS) is 11.6. The van der Waals surface area contributed by atoms with Crippen LogP contribution in [0.25, 0.3) is 66.2 Å². The highest BCUT2D eigenvalue weighted by Gasteiger charge is 2.25. The minimum absolute atomic E-state index is 0.641. The van der Waals surface area contributed by atoms with Gasteiger partial charge in [-0.1, -0.05) is 84.9 Å². The summed E-state index contributed by atoms with van der Waals surface area (Å²) in [7, 11) is 0. The number of pyridine rings is 1. The molecule has 0 aliphatic carbocycles. The molecule has 0 spiro atoms. The summed E-state index contributed by atoms with van der Waals surface area (Å²) in [6.07, 6.45) is 1.92. The van der Waals surface area contributed by atoms with Crippen molar-refractivity contribution in [1.29, 1.82) is 5.26 Å². The van der Waals surface area contributed by atoms with Gasteiger partial charge >= 0.3 is 0 Å². The van der Waals surface area contributed by atoms with Crippen LogP contribution in [0.2, 0.25) is 0 Å². The van der Waals surface area contributed by atoms with Crippen molar-refractivity contribution < 1.29 is 0 Å². The predicted octanol–water partition coefficient (Wildman–Crippen LogP) is 10.0. The van der Waals surface area contributed by atoms with E-state index >= 15 is 0 Å². The van der Waals surface area contributed by atoms with Crippen LogP contribution in [0.1, 0.15) is 27.8 Å². The lowest BCUT2D eigenvalue weighted by molar-refractivity contribution is 1.02. The molecule has 0 saturated heterocycles. The molecule has 3 aromatic heterocycles. The van der Waals surface area contributed by atoms with E-state index in [1.165, 1.54) is 54.8 Å². The molecular formula is C40H30N4. The second kappa shape index (κ2) is 9.69. The molecule has 0 aliphatic rings. The summed E-state index contributed by atoms with van der Waals surface area (Å²) in [5, 5.41) is 14.4. The Hall–Kier alpha value is -5.66. The lowest BCUT2D eigenvalue weighted by Crippen LogP contribution is -2.09. The Morgan fingerprint density at radius 1 is 0.523 bits per heavy atom. The summed E-state index contributed by atoms with van der Waals surface area (Å²) in [6.45, 7) is 8.76. The van der Waals surface area contributed by atoms with Gasteiger partial charge in [-0.3, -0.25) is 4.57 Å². The van der Waals surface area contributed by atoms with Crippen molar-refractivity contribution >= 4 is 43.6 Å². The van der Waals surface area contributed by atoms with Gasteiger partial charge in [0.15, 0.2) is 5.82 Å². The molecule has 0 bridgehead atoms. The molecule has 0 radical (unpaired) electrons. The SMILES string of the molecule is Cc1cccc2c3cccc(C)c3n(-c3nccc(-c4ccc(C#N)cc4)c3-n3c4c(C)cccc4c4cccc(C)c43)c12. The maximum absolute atomic E-state index is 9.56. The van der Waals surface area contributed by atoms with Gasteiger partial charge in [0.05, 0.1) is 39.4 Å². The Bertz CT molecular complexity index is 2370. The molecule has 0 fully saturated rings. The molecule has 44 heavy (non-hydrogen) atoms. The number of benzene rings is 5. The number of fused-ring (bicyclic) bond motifs is 6. The molecule has 8 aromatic rings. The zero-order valence-electron chi connectivity index (χ0n) is 25.2. The molecule has 3 heterocycles. The van der Waals surface area contributed by atoms with Crippen LogP contribution >= 0.6 is 0 Å². The van der Waals surface area contributed by atoms with E-state index in [1.54, 1.807) is 0 Å². The van der Waals surface area contributed by atoms with Crippen molar-refractivity contribution in [3.05, 3.63) is 137 Å². The molecule has 0 saturated carbocycles. The molecule has 4 heteroatoms. The van der Waals surface area contributed by atoms with E-state index in [9.17, 15) is 5.26 Å². The van der Waals surface area contributed by atoms with Gasteiger partial charge in [0.25, 0.3) is 0 Å². The van der Waals surface area contributed by atoms with Gasteiger partial charge in [-0.05, 0) is 73.7 Å². The molecular weight excluding hydrogens is 536 g/mol. The molecule has 0 atom stereocenters. The standard InChI is InChI=1S/C40H30N4/c1-24-9-5-13-31-32-14-6-10-25(2)36(32)43(35(24)31)39-30(29-19-17-28(23-41)18-20-29)21-22-42-40(39)44-37-26(3)11-7-15-33(37)34-16-8-12-27(4)38(34)44/h5-22H,1-4H3. The molecule has 5 aromatic carbocycles. The Balaban J connectivity index is 1.64. The van der Waals surface area contributed by atoms with E-state index in [1.807, 2.05) is 18.3 Å². The van der Waals surface area contributed by atoms with Gasteiger partial charge in [0, 0.05) is 33.3 Å². The molecule has 0 N–H and O–H groups in total. The summed E-state index contributed by atoms with van der Waals surface area (Å²) in [5.74, 6) is 0.876. The third-order valence-electron chi connectivity index (χ3n) is 9.09. The van der Waals surface area contributed by atoms with Gasteiger partial charge in [-0.2, -0.15) is 5.26 Å². The Morgan fingerprint density at radius 2 is 0.955 bits per heavy atom. The molecule has 8 rings (SSSR count). The van der Waals surface area contributed by atoms with Crippen LogP contribution in [0, 0.1) is 39.0 Å². The van der Waals surface area contributed by atoms with Crippen LogP contribution in [0.5, 0.6) is 0 Å². The molecule has 4 nitrogen and oxygen atoms in total. The predicted molar refractivity (Wildman–Crippen MR) is 182 cm³/mol. The summed E-state index contributed by atoms with van der Waals surface area (Å²) < 4.78 is 4.82. The zero-order chi connectivity index (χ0) is 30.1. The fraction of sp³-hybridized carbons (Fsp3) is 0.100. The van der Waals surface area contributed by atoms with Gasteiger partial charge in [-0.25, -0.2) is 4.98 Å². The van der Waals surface area contributed by atoms with Crippen molar-refractivity contribution in [2.24, 2.45) is 0 Å². The van der Waals surface area contributed by atoms with Gasteiger partial charge in [-0.15, -0.1) is 0 Å². The minimum Gasteiger partial charge on any atom is -0.305 e. The number of nitriles is 1. The number of aromatic nitrogens is 3. The first-order chi connectivity index (χ1) is 21.5. The largest absolute Gasteiger partial charge is 0.305 e. The maximum atomic E-state index is 9.56. The fourth-order valence-electron chi connectivity index (χ4n) is 7.14. The number of para-hydroxylation sites is 4. The van der Waals surface area contributed by atoms with Crippen molar-refractivity contribution in [3.63, 3.8) is 0 Å². The van der Waals surface area contributed by atoms with E-state index in [4.69, 9.17) is 4.98 Å². The second-order valence-corrected chi connectivity index (χ2v) is 11.8. The van der Waals surface area contributed by atoms with Crippen molar-refractivity contribution in [1.82, 2.24) is 14.1 Å². The van der Waals surface area contributed by atoms with E-state index in [2.05, 4.69) is 134 Å². The smallest absolute Gasteiger partial charge is 0.162 e. The van der Waals surface area contributed by atoms with Crippen LogP contribution in [0.3, 0.4) is 0 Å². The summed E-state index contributed by atoms with van der Waals surface area (Å²) in [6, 6.07) is 38.5. The average molecular weight is 567 g/mol. The van der Waals surface area contributed by atoms with E-state index in [0.29, 0.717) is 5.56 Å². The van der Waals surface area contributed by atoms with Gasteiger partial charge in [0.1, 0.15) is 0 Å². The minimum atomic E-state index is 0.641. The van der Waals surface area contributed by atoms with Crippen molar-refractivity contribution in [2.75, 3.05) is 0 Å². The number of aryl methyl sites for hydroxylation is 4. The Kier molecular flexibility index (Phi) is 5.73. The number of hydrogen-bond acceptors (Lipinski definition) is 2. The first-order valence-electron chi connectivity index (χ1n) is 15.0. The lowest BCUT2D eigenvalue weighted by Gasteiger charge is -2.21. The first kappa shape index (κ1) is 26.0. The van der Waals surface area contributed by atoms with Crippen LogP contribution in [-0.4, -0.2) is 14.1 Å². The zero-order valence-corrected chi connectivity index (χ0v) is 25.2. The van der Waals surface area contributed by atoms with E-state index in [0.717, 1.165) is 33.7 Å². The quantitative estimate of drug-likeness (QED) is 0.214. The Labute approximate surface area is 256 Å². The van der Waals surface area contributed by atoms with Crippen LogP contribution in [0.4, 0.5) is 0 Å². The van der Waals surface area contributed by atoms with Crippen LogP contribution < -0.4 is 0 Å². The Morgan fingerprint density at radius 3 is 1.39 bits per heavy atom. The topological polar surface area (TPSA) is 46.5 Å². The van der Waals surface area contributed by atoms with E-state index < -0.39 is 0 Å². The first-order valence-corrected chi connectivity index (χ1v) is 15.0. The highest BCUT2D eigenvalue weighted by Crippen LogP contribution is 2.43. The third-order valence-corrected chi connectivity index (χ3v) is 9.09. The van der Waals surface area contributed by atoms with Crippen molar-refractivity contribution in [3.8, 4) is 28.7 Å². The van der Waals surface area contributed by atoms with E-state index in [-0.39, 0.29) is 0 Å². The highest BCUT2D eigenvalue weighted by atomic mass is 15.1. The van der Waals surface area contributed by atoms with Gasteiger partial charge < -0.3 is 4.57 Å². The number of rotatable bonds is 3. The van der Waals surface area contributed by atoms with Crippen LogP contribution in [-0.2, 0) is 0 Å². The fourth-order valence-corrected chi connectivity index (χ4v) is 7.14. The summed E-state index contributed by atoms with van der Waals surface area (Å²) in [4.78, 5) is 5.24. The number of nitrogens with zero attached hydrogens (tertiary/aromatic N) is 4. The lowest BCUT2D eigenvalue weighted by atomic mass is 10.0. The van der Waals surface area contributed by atoms with Gasteiger partial charge in [0.2, 0.25) is 0 Å². The monoisotopic (exact) mass is 566 g/mol. The van der Waals surface area contributed by atoms with Crippen LogP contribution in [0.15, 0.2) is 109 Å². The molecule has 0 amide bonds. The van der Waals surface area contributed by atoms with Crippen molar-refractivity contribution in [2.45, 2.75) is 27.7 Å².